The lowest BCUT2D eigenvalue weighted by atomic mass is 10.2. The van der Waals surface area contributed by atoms with Crippen molar-refractivity contribution in [3.05, 3.63) is 44.9 Å². The third-order valence-corrected chi connectivity index (χ3v) is 4.03. The first kappa shape index (κ1) is 13.8. The Bertz CT molecular complexity index is 612. The molecular weight excluding hydrogens is 282 g/mol. The normalized spacial score (nSPS) is 10.5. The lowest BCUT2D eigenvalue weighted by Crippen LogP contribution is -2.26. The van der Waals surface area contributed by atoms with Crippen molar-refractivity contribution < 1.29 is 4.79 Å². The molecule has 0 saturated carbocycles. The van der Waals surface area contributed by atoms with Crippen LogP contribution in [0.5, 0.6) is 0 Å². The van der Waals surface area contributed by atoms with Crippen LogP contribution in [0.1, 0.15) is 20.9 Å². The zero-order chi connectivity index (χ0) is 14.0. The Labute approximate surface area is 120 Å². The van der Waals surface area contributed by atoms with Gasteiger partial charge in [0.25, 0.3) is 5.91 Å². The number of nitrogens with two attached hydrogens (primary N) is 1. The van der Waals surface area contributed by atoms with Crippen molar-refractivity contribution in [2.75, 3.05) is 12.8 Å². The van der Waals surface area contributed by atoms with E-state index in [0.717, 1.165) is 10.6 Å². The van der Waals surface area contributed by atoms with Crippen molar-refractivity contribution in [3.8, 4) is 0 Å². The number of carbonyl (C=O) groups is 1. The Morgan fingerprint density at radius 2 is 2.26 bits per heavy atom. The molecular formula is C13H14ClN3OS. The molecule has 1 aromatic carbocycles. The summed E-state index contributed by atoms with van der Waals surface area (Å²) in [6.45, 7) is 2.45. The number of nitrogens with zero attached hydrogens (tertiary/aromatic N) is 2. The standard InChI is InChI=1S/C13H14ClN3OS/c1-8-12(19-7-16-8)6-17(2)13(18)10-4-3-9(15)5-11(10)14/h3-5,7H,6,15H2,1-2H3. The van der Waals surface area contributed by atoms with Gasteiger partial charge in [0.15, 0.2) is 0 Å². The molecule has 0 unspecified atom stereocenters. The average molecular weight is 296 g/mol. The molecule has 1 aromatic heterocycles. The highest BCUT2D eigenvalue weighted by molar-refractivity contribution is 7.09. The quantitative estimate of drug-likeness (QED) is 0.886. The molecule has 2 N–H and O–H groups in total. The maximum absolute atomic E-state index is 12.3. The van der Waals surface area contributed by atoms with E-state index in [1.165, 1.54) is 11.3 Å². The smallest absolute Gasteiger partial charge is 0.255 e. The van der Waals surface area contributed by atoms with Gasteiger partial charge in [-0.3, -0.25) is 4.79 Å². The van der Waals surface area contributed by atoms with Crippen LogP contribution in [-0.2, 0) is 6.54 Å². The lowest BCUT2D eigenvalue weighted by Gasteiger charge is -2.17. The van der Waals surface area contributed by atoms with E-state index in [0.29, 0.717) is 22.8 Å². The monoisotopic (exact) mass is 295 g/mol. The molecule has 100 valence electrons. The van der Waals surface area contributed by atoms with E-state index in [4.69, 9.17) is 17.3 Å². The Morgan fingerprint density at radius 1 is 1.53 bits per heavy atom. The van der Waals surface area contributed by atoms with Gasteiger partial charge in [-0.25, -0.2) is 4.98 Å². The van der Waals surface area contributed by atoms with Crippen molar-refractivity contribution >= 4 is 34.5 Å². The molecule has 2 rings (SSSR count). The van der Waals surface area contributed by atoms with E-state index >= 15 is 0 Å². The molecule has 0 spiro atoms. The largest absolute Gasteiger partial charge is 0.399 e. The molecule has 1 heterocycles. The third kappa shape index (κ3) is 3.05. The van der Waals surface area contributed by atoms with Crippen molar-refractivity contribution in [2.24, 2.45) is 0 Å². The number of rotatable bonds is 3. The second-order valence-electron chi connectivity index (χ2n) is 4.26. The lowest BCUT2D eigenvalue weighted by molar-refractivity contribution is 0.0786. The molecule has 1 amide bonds. The summed E-state index contributed by atoms with van der Waals surface area (Å²) in [5.41, 5.74) is 9.35. The topological polar surface area (TPSA) is 59.2 Å². The van der Waals surface area contributed by atoms with E-state index in [2.05, 4.69) is 4.98 Å². The highest BCUT2D eigenvalue weighted by atomic mass is 35.5. The Morgan fingerprint density at radius 3 is 2.84 bits per heavy atom. The summed E-state index contributed by atoms with van der Waals surface area (Å²) >= 11 is 7.58. The average Bonchev–Trinajstić information content (AvgIpc) is 2.74. The van der Waals surface area contributed by atoms with Gasteiger partial charge in [-0.15, -0.1) is 11.3 Å². The van der Waals surface area contributed by atoms with Crippen LogP contribution in [-0.4, -0.2) is 22.8 Å². The molecule has 6 heteroatoms. The van der Waals surface area contributed by atoms with Crippen LogP contribution >= 0.6 is 22.9 Å². The molecule has 4 nitrogen and oxygen atoms in total. The summed E-state index contributed by atoms with van der Waals surface area (Å²) in [4.78, 5) is 19.2. The van der Waals surface area contributed by atoms with E-state index in [-0.39, 0.29) is 5.91 Å². The molecule has 2 aromatic rings. The minimum Gasteiger partial charge on any atom is -0.399 e. The van der Waals surface area contributed by atoms with Gasteiger partial charge >= 0.3 is 0 Å². The van der Waals surface area contributed by atoms with Crippen molar-refractivity contribution in [1.82, 2.24) is 9.88 Å². The van der Waals surface area contributed by atoms with E-state index in [1.807, 2.05) is 6.92 Å². The highest BCUT2D eigenvalue weighted by Crippen LogP contribution is 2.22. The zero-order valence-electron chi connectivity index (χ0n) is 10.7. The maximum Gasteiger partial charge on any atom is 0.255 e. The molecule has 0 aliphatic rings. The maximum atomic E-state index is 12.3. The highest BCUT2D eigenvalue weighted by Gasteiger charge is 2.16. The number of thiazole rings is 1. The minimum absolute atomic E-state index is 0.127. The first-order valence-corrected chi connectivity index (χ1v) is 6.94. The van der Waals surface area contributed by atoms with Crippen molar-refractivity contribution in [1.29, 1.82) is 0 Å². The summed E-state index contributed by atoms with van der Waals surface area (Å²) in [7, 11) is 1.74. The Kier molecular flexibility index (Phi) is 4.07. The Hall–Kier alpha value is -1.59. The van der Waals surface area contributed by atoms with Crippen LogP contribution in [0.15, 0.2) is 23.7 Å². The fourth-order valence-corrected chi connectivity index (χ4v) is 2.77. The zero-order valence-corrected chi connectivity index (χ0v) is 12.3. The summed E-state index contributed by atoms with van der Waals surface area (Å²) in [6.07, 6.45) is 0. The summed E-state index contributed by atoms with van der Waals surface area (Å²) in [6, 6.07) is 4.90. The molecule has 0 saturated heterocycles. The molecule has 0 radical (unpaired) electrons. The molecule has 0 aliphatic heterocycles. The van der Waals surface area contributed by atoms with Crippen molar-refractivity contribution in [2.45, 2.75) is 13.5 Å². The summed E-state index contributed by atoms with van der Waals surface area (Å²) in [5.74, 6) is -0.127. The first-order valence-electron chi connectivity index (χ1n) is 5.68. The van der Waals surface area contributed by atoms with Crippen molar-refractivity contribution in [3.63, 3.8) is 0 Å². The van der Waals surface area contributed by atoms with Crippen LogP contribution in [0.2, 0.25) is 5.02 Å². The van der Waals surface area contributed by atoms with Gasteiger partial charge in [0.2, 0.25) is 0 Å². The third-order valence-electron chi connectivity index (χ3n) is 2.80. The van der Waals surface area contributed by atoms with Gasteiger partial charge in [-0.2, -0.15) is 0 Å². The molecule has 0 atom stereocenters. The number of halogens is 1. The van der Waals surface area contributed by atoms with E-state index in [9.17, 15) is 4.79 Å². The number of amides is 1. The van der Waals surface area contributed by atoms with Crippen LogP contribution in [0, 0.1) is 6.92 Å². The number of benzene rings is 1. The molecule has 19 heavy (non-hydrogen) atoms. The number of hydrogen-bond acceptors (Lipinski definition) is 4. The molecule has 0 aliphatic carbocycles. The minimum atomic E-state index is -0.127. The number of aryl methyl sites for hydroxylation is 1. The number of nitrogen functional groups attached to an aromatic ring is 1. The predicted octanol–water partition coefficient (Wildman–Crippen LogP) is 2.96. The second kappa shape index (κ2) is 5.59. The van der Waals surface area contributed by atoms with Gasteiger partial charge in [-0.05, 0) is 25.1 Å². The number of hydrogen-bond donors (Lipinski definition) is 1. The van der Waals surface area contributed by atoms with Gasteiger partial charge in [0.05, 0.1) is 28.3 Å². The van der Waals surface area contributed by atoms with Crippen LogP contribution in [0.3, 0.4) is 0 Å². The van der Waals surface area contributed by atoms with E-state index < -0.39 is 0 Å². The van der Waals surface area contributed by atoms with Gasteiger partial charge in [0.1, 0.15) is 0 Å². The fourth-order valence-electron chi connectivity index (χ4n) is 1.68. The second-order valence-corrected chi connectivity index (χ2v) is 5.61. The van der Waals surface area contributed by atoms with Crippen LogP contribution in [0.4, 0.5) is 5.69 Å². The van der Waals surface area contributed by atoms with E-state index in [1.54, 1.807) is 35.7 Å². The van der Waals surface area contributed by atoms with Crippen LogP contribution < -0.4 is 5.73 Å². The predicted molar refractivity (Wildman–Crippen MR) is 78.5 cm³/mol. The van der Waals surface area contributed by atoms with Gasteiger partial charge in [0, 0.05) is 17.6 Å². The van der Waals surface area contributed by atoms with Gasteiger partial charge < -0.3 is 10.6 Å². The first-order chi connectivity index (χ1) is 8.99. The number of anilines is 1. The van der Waals surface area contributed by atoms with Gasteiger partial charge in [-0.1, -0.05) is 11.6 Å². The molecule has 0 fully saturated rings. The summed E-state index contributed by atoms with van der Waals surface area (Å²) < 4.78 is 0. The Balaban J connectivity index is 2.17. The number of aromatic nitrogens is 1. The van der Waals surface area contributed by atoms with Crippen LogP contribution in [0.25, 0.3) is 0 Å². The SMILES string of the molecule is Cc1ncsc1CN(C)C(=O)c1ccc(N)cc1Cl. The summed E-state index contributed by atoms with van der Waals surface area (Å²) in [5, 5.41) is 0.373. The molecule has 0 bridgehead atoms. The fraction of sp³-hybridized carbons (Fsp3) is 0.231. The number of carbonyl (C=O) groups excluding carboxylic acids is 1.